The summed E-state index contributed by atoms with van der Waals surface area (Å²) < 4.78 is 0.868. The zero-order valence-electron chi connectivity index (χ0n) is 5.75. The fourth-order valence-electron chi connectivity index (χ4n) is 0.805. The number of aromatic nitrogens is 1. The third-order valence-corrected chi connectivity index (χ3v) is 4.33. The highest BCUT2D eigenvalue weighted by atomic mass is 79.9. The van der Waals surface area contributed by atoms with Gasteiger partial charge in [0.25, 0.3) is 0 Å². The Morgan fingerprint density at radius 2 is 2.25 bits per heavy atom. The predicted octanol–water partition coefficient (Wildman–Crippen LogP) is 4.29. The molecule has 0 bridgehead atoms. The van der Waals surface area contributed by atoms with Gasteiger partial charge in [0.2, 0.25) is 0 Å². The SMILES string of the molecule is Clc1ccsc1-c1nc(Br)cs1. The third-order valence-electron chi connectivity index (χ3n) is 1.29. The lowest BCUT2D eigenvalue weighted by Crippen LogP contribution is -1.68. The van der Waals surface area contributed by atoms with Gasteiger partial charge in [0, 0.05) is 5.38 Å². The van der Waals surface area contributed by atoms with Gasteiger partial charge in [-0.15, -0.1) is 22.7 Å². The third kappa shape index (κ3) is 1.57. The summed E-state index contributed by atoms with van der Waals surface area (Å²) in [6, 6.07) is 1.89. The molecule has 2 aromatic heterocycles. The number of hydrogen-bond acceptors (Lipinski definition) is 3. The van der Waals surface area contributed by atoms with Crippen molar-refractivity contribution >= 4 is 50.2 Å². The van der Waals surface area contributed by atoms with Crippen LogP contribution >= 0.6 is 50.2 Å². The second kappa shape index (κ2) is 3.46. The Hall–Kier alpha value is 0.1000. The van der Waals surface area contributed by atoms with E-state index in [9.17, 15) is 0 Å². The second-order valence-corrected chi connectivity index (χ2v) is 5.07. The van der Waals surface area contributed by atoms with Gasteiger partial charge in [0.15, 0.2) is 0 Å². The van der Waals surface area contributed by atoms with Gasteiger partial charge in [-0.1, -0.05) is 11.6 Å². The first kappa shape index (κ1) is 8.69. The molecule has 2 heterocycles. The maximum absolute atomic E-state index is 5.95. The maximum atomic E-state index is 5.95. The zero-order chi connectivity index (χ0) is 8.55. The van der Waals surface area contributed by atoms with Crippen LogP contribution in [0.5, 0.6) is 0 Å². The van der Waals surface area contributed by atoms with Crippen molar-refractivity contribution in [3.63, 3.8) is 0 Å². The van der Waals surface area contributed by atoms with Crippen molar-refractivity contribution < 1.29 is 0 Å². The van der Waals surface area contributed by atoms with Gasteiger partial charge < -0.3 is 0 Å². The van der Waals surface area contributed by atoms with Crippen LogP contribution in [0.25, 0.3) is 9.88 Å². The lowest BCUT2D eigenvalue weighted by molar-refractivity contribution is 1.37. The molecule has 0 aromatic carbocycles. The molecule has 0 unspecified atom stereocenters. The first-order chi connectivity index (χ1) is 5.77. The van der Waals surface area contributed by atoms with E-state index < -0.39 is 0 Å². The lowest BCUT2D eigenvalue weighted by Gasteiger charge is -1.88. The summed E-state index contributed by atoms with van der Waals surface area (Å²) in [6.45, 7) is 0. The summed E-state index contributed by atoms with van der Waals surface area (Å²) in [5.74, 6) is 0. The van der Waals surface area contributed by atoms with Crippen LogP contribution in [0.3, 0.4) is 0 Å². The molecule has 0 aliphatic heterocycles. The van der Waals surface area contributed by atoms with Crippen molar-refractivity contribution in [2.24, 2.45) is 0 Å². The molecule has 0 fully saturated rings. The number of halogens is 2. The number of thiazole rings is 1. The van der Waals surface area contributed by atoms with Crippen LogP contribution in [0.4, 0.5) is 0 Å². The van der Waals surface area contributed by atoms with E-state index in [0.717, 1.165) is 19.5 Å². The molecule has 12 heavy (non-hydrogen) atoms. The Labute approximate surface area is 91.2 Å². The van der Waals surface area contributed by atoms with E-state index in [1.807, 2.05) is 16.8 Å². The lowest BCUT2D eigenvalue weighted by atomic mass is 10.5. The molecule has 0 saturated carbocycles. The maximum Gasteiger partial charge on any atom is 0.136 e. The van der Waals surface area contributed by atoms with E-state index in [0.29, 0.717) is 0 Å². The Morgan fingerprint density at radius 1 is 1.42 bits per heavy atom. The molecule has 0 aliphatic carbocycles. The smallest absolute Gasteiger partial charge is 0.136 e. The van der Waals surface area contributed by atoms with Crippen molar-refractivity contribution in [2.75, 3.05) is 0 Å². The minimum absolute atomic E-state index is 0.779. The molecule has 5 heteroatoms. The highest BCUT2D eigenvalue weighted by Crippen LogP contribution is 2.35. The number of rotatable bonds is 1. The van der Waals surface area contributed by atoms with Gasteiger partial charge >= 0.3 is 0 Å². The van der Waals surface area contributed by atoms with Crippen LogP contribution in [-0.2, 0) is 0 Å². The van der Waals surface area contributed by atoms with Crippen LogP contribution in [0, 0.1) is 0 Å². The molecular weight excluding hydrogens is 278 g/mol. The highest BCUT2D eigenvalue weighted by molar-refractivity contribution is 9.10. The minimum Gasteiger partial charge on any atom is -0.228 e. The molecule has 0 N–H and O–H groups in total. The van der Waals surface area contributed by atoms with E-state index >= 15 is 0 Å². The molecule has 0 aliphatic rings. The molecule has 2 rings (SSSR count). The number of hydrogen-bond donors (Lipinski definition) is 0. The number of thiophene rings is 1. The predicted molar refractivity (Wildman–Crippen MR) is 58.1 cm³/mol. The van der Waals surface area contributed by atoms with Crippen LogP contribution in [0.2, 0.25) is 5.02 Å². The Bertz CT molecular complexity index is 396. The van der Waals surface area contributed by atoms with Gasteiger partial charge in [-0.3, -0.25) is 0 Å². The van der Waals surface area contributed by atoms with E-state index in [1.54, 1.807) is 22.7 Å². The molecule has 0 spiro atoms. The van der Waals surface area contributed by atoms with Gasteiger partial charge in [0.05, 0.1) is 9.90 Å². The van der Waals surface area contributed by atoms with Crippen molar-refractivity contribution in [1.82, 2.24) is 4.98 Å². The fourth-order valence-corrected chi connectivity index (χ4v) is 3.38. The van der Waals surface area contributed by atoms with Crippen LogP contribution < -0.4 is 0 Å². The largest absolute Gasteiger partial charge is 0.228 e. The average molecular weight is 281 g/mol. The molecule has 0 amide bonds. The molecule has 0 saturated heterocycles. The van der Waals surface area contributed by atoms with Gasteiger partial charge in [-0.25, -0.2) is 4.98 Å². The summed E-state index contributed by atoms with van der Waals surface area (Å²) in [7, 11) is 0. The van der Waals surface area contributed by atoms with Crippen molar-refractivity contribution in [2.45, 2.75) is 0 Å². The highest BCUT2D eigenvalue weighted by Gasteiger charge is 2.08. The molecular formula is C7H3BrClNS2. The normalized spacial score (nSPS) is 10.5. The first-order valence-electron chi connectivity index (χ1n) is 3.12. The van der Waals surface area contributed by atoms with E-state index in [2.05, 4.69) is 20.9 Å². The van der Waals surface area contributed by atoms with Crippen LogP contribution in [0.15, 0.2) is 21.4 Å². The number of nitrogens with zero attached hydrogens (tertiary/aromatic N) is 1. The fraction of sp³-hybridized carbons (Fsp3) is 0. The average Bonchev–Trinajstić information content (AvgIpc) is 2.58. The first-order valence-corrected chi connectivity index (χ1v) is 6.05. The van der Waals surface area contributed by atoms with Gasteiger partial charge in [0.1, 0.15) is 9.61 Å². The van der Waals surface area contributed by atoms with E-state index in [-0.39, 0.29) is 0 Å². The molecule has 0 radical (unpaired) electrons. The second-order valence-electron chi connectivity index (χ2n) is 2.07. The van der Waals surface area contributed by atoms with Crippen molar-refractivity contribution in [1.29, 1.82) is 0 Å². The topological polar surface area (TPSA) is 12.9 Å². The van der Waals surface area contributed by atoms with Crippen molar-refractivity contribution in [3.8, 4) is 9.88 Å². The molecule has 2 aromatic rings. The minimum atomic E-state index is 0.779. The van der Waals surface area contributed by atoms with Crippen LogP contribution in [-0.4, -0.2) is 4.98 Å². The summed E-state index contributed by atoms with van der Waals surface area (Å²) in [5.41, 5.74) is 0. The molecule has 1 nitrogen and oxygen atoms in total. The van der Waals surface area contributed by atoms with Crippen LogP contribution in [0.1, 0.15) is 0 Å². The zero-order valence-corrected chi connectivity index (χ0v) is 9.73. The monoisotopic (exact) mass is 279 g/mol. The Kier molecular flexibility index (Phi) is 2.50. The van der Waals surface area contributed by atoms with Gasteiger partial charge in [-0.2, -0.15) is 0 Å². The van der Waals surface area contributed by atoms with Crippen molar-refractivity contribution in [3.05, 3.63) is 26.5 Å². The summed E-state index contributed by atoms with van der Waals surface area (Å²) in [5, 5.41) is 5.67. The van der Waals surface area contributed by atoms with E-state index in [4.69, 9.17) is 11.6 Å². The summed E-state index contributed by atoms with van der Waals surface area (Å²) in [4.78, 5) is 5.32. The Balaban J connectivity index is 2.50. The standard InChI is InChI=1S/C7H3BrClNS2/c8-5-3-12-7(10-5)6-4(9)1-2-11-6/h1-3H. The molecule has 0 atom stereocenters. The quantitative estimate of drug-likeness (QED) is 0.759. The van der Waals surface area contributed by atoms with Gasteiger partial charge in [-0.05, 0) is 27.4 Å². The summed E-state index contributed by atoms with van der Waals surface area (Å²) in [6.07, 6.45) is 0. The Morgan fingerprint density at radius 3 is 2.75 bits per heavy atom. The summed E-state index contributed by atoms with van der Waals surface area (Å²) >= 11 is 12.4. The molecule has 62 valence electrons. The van der Waals surface area contributed by atoms with E-state index in [1.165, 1.54) is 0 Å².